The van der Waals surface area contributed by atoms with E-state index in [9.17, 15) is 9.59 Å². The van der Waals surface area contributed by atoms with E-state index in [-0.39, 0.29) is 11.9 Å². The molecule has 0 bridgehead atoms. The summed E-state index contributed by atoms with van der Waals surface area (Å²) in [5.41, 5.74) is 2.33. The Labute approximate surface area is 163 Å². The molecule has 3 N–H and O–H groups in total. The molecular weight excluding hydrogens is 340 g/mol. The number of hydrogen-bond donors (Lipinski definition) is 3. The maximum Gasteiger partial charge on any atom is 0.319 e. The van der Waals surface area contributed by atoms with E-state index in [4.69, 9.17) is 0 Å². The van der Waals surface area contributed by atoms with E-state index < -0.39 is 0 Å². The van der Waals surface area contributed by atoms with Crippen LogP contribution in [0.2, 0.25) is 0 Å². The quantitative estimate of drug-likeness (QED) is 0.708. The second-order valence-electron chi connectivity index (χ2n) is 8.08. The highest BCUT2D eigenvalue weighted by atomic mass is 16.2. The lowest BCUT2D eigenvalue weighted by Gasteiger charge is -2.38. The smallest absolute Gasteiger partial charge is 0.319 e. The number of carbonyl (C=O) groups excluding carboxylic acids is 2. The number of amides is 3. The summed E-state index contributed by atoms with van der Waals surface area (Å²) in [4.78, 5) is 26.2. The Kier molecular flexibility index (Phi) is 7.66. The van der Waals surface area contributed by atoms with E-state index in [0.717, 1.165) is 24.6 Å². The number of anilines is 2. The third-order valence-electron chi connectivity index (χ3n) is 5.33. The molecule has 0 aliphatic carbocycles. The lowest BCUT2D eigenvalue weighted by molar-refractivity contribution is -0.114. The minimum atomic E-state index is -0.219. The number of rotatable bonds is 6. The molecule has 1 aliphatic rings. The van der Waals surface area contributed by atoms with E-state index >= 15 is 0 Å². The number of benzene rings is 1. The van der Waals surface area contributed by atoms with Gasteiger partial charge < -0.3 is 16.0 Å². The molecule has 1 aromatic carbocycles. The molecular formula is C21H34N4O2. The highest BCUT2D eigenvalue weighted by Crippen LogP contribution is 2.22. The van der Waals surface area contributed by atoms with Crippen LogP contribution < -0.4 is 16.0 Å². The second kappa shape index (κ2) is 9.74. The van der Waals surface area contributed by atoms with Crippen molar-refractivity contribution in [2.75, 3.05) is 30.3 Å². The monoisotopic (exact) mass is 374 g/mol. The van der Waals surface area contributed by atoms with Gasteiger partial charge in [-0.05, 0) is 62.4 Å². The van der Waals surface area contributed by atoms with Crippen LogP contribution in [0.15, 0.2) is 18.2 Å². The molecule has 1 saturated heterocycles. The van der Waals surface area contributed by atoms with Crippen LogP contribution in [0.5, 0.6) is 0 Å². The standard InChI is InChI=1S/C21H34N4O2/c1-14(2)20(25-10-8-15(3)9-11-25)13-22-21(27)24-18-7-6-16(4)19(12-18)23-17(5)26/h6-7,12,14-15,20H,8-11,13H2,1-5H3,(H,23,26)(H2,22,24,27). The van der Waals surface area contributed by atoms with Gasteiger partial charge in [0, 0.05) is 30.9 Å². The average molecular weight is 375 g/mol. The fraction of sp³-hybridized carbons (Fsp3) is 0.619. The third-order valence-corrected chi connectivity index (χ3v) is 5.33. The number of piperidine rings is 1. The minimum Gasteiger partial charge on any atom is -0.336 e. The maximum atomic E-state index is 12.4. The van der Waals surface area contributed by atoms with E-state index in [2.05, 4.69) is 41.6 Å². The summed E-state index contributed by atoms with van der Waals surface area (Å²) in [6.45, 7) is 13.0. The van der Waals surface area contributed by atoms with E-state index in [1.165, 1.54) is 19.8 Å². The molecule has 0 saturated carbocycles. The van der Waals surface area contributed by atoms with Crippen LogP contribution in [0.4, 0.5) is 16.2 Å². The molecule has 150 valence electrons. The van der Waals surface area contributed by atoms with E-state index in [1.807, 2.05) is 19.1 Å². The summed E-state index contributed by atoms with van der Waals surface area (Å²) in [5, 5.41) is 8.67. The highest BCUT2D eigenvalue weighted by Gasteiger charge is 2.25. The Morgan fingerprint density at radius 2 is 1.85 bits per heavy atom. The van der Waals surface area contributed by atoms with Gasteiger partial charge in [0.2, 0.25) is 5.91 Å². The van der Waals surface area contributed by atoms with E-state index in [0.29, 0.717) is 29.9 Å². The fourth-order valence-corrected chi connectivity index (χ4v) is 3.54. The Hall–Kier alpha value is -2.08. The third kappa shape index (κ3) is 6.54. The van der Waals surface area contributed by atoms with Crippen LogP contribution in [0.25, 0.3) is 0 Å². The molecule has 1 atom stereocenters. The van der Waals surface area contributed by atoms with Crippen molar-refractivity contribution in [3.8, 4) is 0 Å². The predicted octanol–water partition coefficient (Wildman–Crippen LogP) is 3.83. The van der Waals surface area contributed by atoms with Crippen LogP contribution in [0.1, 0.15) is 46.1 Å². The lowest BCUT2D eigenvalue weighted by Crippen LogP contribution is -2.50. The number of nitrogens with one attached hydrogen (secondary N) is 3. The summed E-state index contributed by atoms with van der Waals surface area (Å²) in [6, 6.07) is 5.63. The van der Waals surface area contributed by atoms with Gasteiger partial charge in [-0.1, -0.05) is 26.8 Å². The van der Waals surface area contributed by atoms with Crippen molar-refractivity contribution in [3.63, 3.8) is 0 Å². The first kappa shape index (κ1) is 21.2. The maximum absolute atomic E-state index is 12.4. The van der Waals surface area contributed by atoms with Crippen molar-refractivity contribution in [2.45, 2.75) is 53.5 Å². The first-order valence-electron chi connectivity index (χ1n) is 9.93. The zero-order valence-electron chi connectivity index (χ0n) is 17.3. The van der Waals surface area contributed by atoms with Gasteiger partial charge in [0.1, 0.15) is 0 Å². The van der Waals surface area contributed by atoms with Crippen molar-refractivity contribution in [3.05, 3.63) is 23.8 Å². The van der Waals surface area contributed by atoms with Crippen LogP contribution in [0.3, 0.4) is 0 Å². The normalized spacial score (nSPS) is 16.8. The molecule has 6 nitrogen and oxygen atoms in total. The van der Waals surface area contributed by atoms with Crippen LogP contribution in [-0.2, 0) is 4.79 Å². The molecule has 2 rings (SSSR count). The molecule has 1 unspecified atom stereocenters. The van der Waals surface area contributed by atoms with Gasteiger partial charge in [0.15, 0.2) is 0 Å². The molecule has 1 heterocycles. The van der Waals surface area contributed by atoms with Gasteiger partial charge in [0.25, 0.3) is 0 Å². The van der Waals surface area contributed by atoms with Crippen molar-refractivity contribution in [2.24, 2.45) is 11.8 Å². The summed E-state index contributed by atoms with van der Waals surface area (Å²) in [6.07, 6.45) is 2.45. The van der Waals surface area contributed by atoms with E-state index in [1.54, 1.807) is 6.07 Å². The lowest BCUT2D eigenvalue weighted by atomic mass is 9.94. The van der Waals surface area contributed by atoms with Crippen LogP contribution >= 0.6 is 0 Å². The molecule has 6 heteroatoms. The zero-order valence-corrected chi connectivity index (χ0v) is 17.3. The molecule has 1 aromatic rings. The SMILES string of the molecule is CC(=O)Nc1cc(NC(=O)NCC(C(C)C)N2CCC(C)CC2)ccc1C. The topological polar surface area (TPSA) is 73.5 Å². The van der Waals surface area contributed by atoms with Crippen LogP contribution in [-0.4, -0.2) is 42.5 Å². The summed E-state index contributed by atoms with van der Waals surface area (Å²) < 4.78 is 0. The fourth-order valence-electron chi connectivity index (χ4n) is 3.54. The minimum absolute atomic E-state index is 0.129. The number of hydrogen-bond acceptors (Lipinski definition) is 3. The van der Waals surface area contributed by atoms with Gasteiger partial charge in [0.05, 0.1) is 0 Å². The molecule has 0 radical (unpaired) electrons. The van der Waals surface area contributed by atoms with Gasteiger partial charge >= 0.3 is 6.03 Å². The Morgan fingerprint density at radius 1 is 1.19 bits per heavy atom. The zero-order chi connectivity index (χ0) is 20.0. The number of aryl methyl sites for hydroxylation is 1. The summed E-state index contributed by atoms with van der Waals surface area (Å²) in [5.74, 6) is 1.14. The Bertz CT molecular complexity index is 652. The van der Waals surface area contributed by atoms with Gasteiger partial charge in [-0.2, -0.15) is 0 Å². The first-order valence-corrected chi connectivity index (χ1v) is 9.93. The Balaban J connectivity index is 1.91. The number of nitrogens with zero attached hydrogens (tertiary/aromatic N) is 1. The Morgan fingerprint density at radius 3 is 2.44 bits per heavy atom. The van der Waals surface area contributed by atoms with Crippen molar-refractivity contribution in [1.29, 1.82) is 0 Å². The van der Waals surface area contributed by atoms with Crippen LogP contribution in [0, 0.1) is 18.8 Å². The highest BCUT2D eigenvalue weighted by molar-refractivity contribution is 5.93. The molecule has 0 aromatic heterocycles. The van der Waals surface area contributed by atoms with Gasteiger partial charge in [-0.15, -0.1) is 0 Å². The predicted molar refractivity (Wildman–Crippen MR) is 111 cm³/mol. The molecule has 3 amide bonds. The molecule has 1 fully saturated rings. The van der Waals surface area contributed by atoms with Crippen molar-refractivity contribution in [1.82, 2.24) is 10.2 Å². The van der Waals surface area contributed by atoms with Gasteiger partial charge in [-0.3, -0.25) is 9.69 Å². The average Bonchev–Trinajstić information content (AvgIpc) is 2.59. The number of urea groups is 1. The molecule has 0 spiro atoms. The second-order valence-corrected chi connectivity index (χ2v) is 8.08. The van der Waals surface area contributed by atoms with Crippen molar-refractivity contribution < 1.29 is 9.59 Å². The largest absolute Gasteiger partial charge is 0.336 e. The van der Waals surface area contributed by atoms with Gasteiger partial charge in [-0.25, -0.2) is 4.79 Å². The van der Waals surface area contributed by atoms with Crippen molar-refractivity contribution >= 4 is 23.3 Å². The summed E-state index contributed by atoms with van der Waals surface area (Å²) in [7, 11) is 0. The number of likely N-dealkylation sites (tertiary alicyclic amines) is 1. The number of carbonyl (C=O) groups is 2. The summed E-state index contributed by atoms with van der Waals surface area (Å²) >= 11 is 0. The molecule has 1 aliphatic heterocycles. The molecule has 27 heavy (non-hydrogen) atoms. The first-order chi connectivity index (χ1) is 12.8.